The summed E-state index contributed by atoms with van der Waals surface area (Å²) in [6.45, 7) is 17.7. The zero-order valence-corrected chi connectivity index (χ0v) is 20.1. The molecular weight excluding hydrogens is 437 g/mol. The summed E-state index contributed by atoms with van der Waals surface area (Å²) in [5, 5.41) is 7.10. The number of rotatable bonds is 9. The monoisotopic (exact) mass is 479 g/mol. The van der Waals surface area contributed by atoms with Crippen molar-refractivity contribution in [2.75, 3.05) is 26.2 Å². The molecule has 0 bridgehead atoms. The molecule has 0 amide bonds. The number of nitrogens with one attached hydrogen (secondary N) is 2. The zero-order valence-electron chi connectivity index (χ0n) is 17.8. The van der Waals surface area contributed by atoms with Gasteiger partial charge in [-0.2, -0.15) is 0 Å². The Morgan fingerprint density at radius 3 is 2.38 bits per heavy atom. The molecule has 0 spiro atoms. The van der Waals surface area contributed by atoms with Crippen molar-refractivity contribution in [3.8, 4) is 0 Å². The van der Waals surface area contributed by atoms with Gasteiger partial charge in [-0.3, -0.25) is 14.8 Å². The highest BCUT2D eigenvalue weighted by Crippen LogP contribution is 2.33. The van der Waals surface area contributed by atoms with Gasteiger partial charge in [0, 0.05) is 56.4 Å². The third-order valence-electron chi connectivity index (χ3n) is 5.49. The summed E-state index contributed by atoms with van der Waals surface area (Å²) in [6, 6.07) is 3.31. The summed E-state index contributed by atoms with van der Waals surface area (Å²) in [4.78, 5) is 10.1. The van der Waals surface area contributed by atoms with Crippen molar-refractivity contribution in [3.05, 3.63) is 0 Å². The van der Waals surface area contributed by atoms with Crippen molar-refractivity contribution < 1.29 is 0 Å². The van der Waals surface area contributed by atoms with Crippen molar-refractivity contribution in [2.45, 2.75) is 97.4 Å². The highest BCUT2D eigenvalue weighted by Gasteiger charge is 2.38. The lowest BCUT2D eigenvalue weighted by atomic mass is 10.2. The zero-order chi connectivity index (χ0) is 18.4. The third kappa shape index (κ3) is 7.50. The van der Waals surface area contributed by atoms with Gasteiger partial charge in [0.05, 0.1) is 0 Å². The van der Waals surface area contributed by atoms with E-state index >= 15 is 0 Å². The molecule has 6 heteroatoms. The quantitative estimate of drug-likeness (QED) is 0.231. The molecule has 1 aliphatic heterocycles. The maximum absolute atomic E-state index is 4.83. The van der Waals surface area contributed by atoms with Crippen molar-refractivity contribution >= 4 is 29.9 Å². The van der Waals surface area contributed by atoms with Crippen LogP contribution in [0.3, 0.4) is 0 Å². The largest absolute Gasteiger partial charge is 0.357 e. The Morgan fingerprint density at radius 2 is 1.85 bits per heavy atom. The Kier molecular flexibility index (Phi) is 10.8. The van der Waals surface area contributed by atoms with Crippen molar-refractivity contribution in [3.63, 3.8) is 0 Å². The van der Waals surface area contributed by atoms with Crippen LogP contribution in [0.5, 0.6) is 0 Å². The van der Waals surface area contributed by atoms with Crippen LogP contribution < -0.4 is 10.6 Å². The maximum atomic E-state index is 4.83. The predicted molar refractivity (Wildman–Crippen MR) is 124 cm³/mol. The van der Waals surface area contributed by atoms with Crippen LogP contribution in [0.1, 0.15) is 67.2 Å². The van der Waals surface area contributed by atoms with Gasteiger partial charge in [-0.25, -0.2) is 0 Å². The predicted octanol–water partition coefficient (Wildman–Crippen LogP) is 3.29. The first-order chi connectivity index (χ1) is 11.9. The van der Waals surface area contributed by atoms with E-state index in [0.29, 0.717) is 24.2 Å². The van der Waals surface area contributed by atoms with Gasteiger partial charge in [0.25, 0.3) is 0 Å². The smallest absolute Gasteiger partial charge is 0.191 e. The van der Waals surface area contributed by atoms with Gasteiger partial charge in [-0.1, -0.05) is 0 Å². The van der Waals surface area contributed by atoms with Gasteiger partial charge >= 0.3 is 0 Å². The number of guanidine groups is 1. The third-order valence-corrected chi connectivity index (χ3v) is 5.49. The minimum absolute atomic E-state index is 0. The number of hydrogen-bond acceptors (Lipinski definition) is 3. The second-order valence-corrected chi connectivity index (χ2v) is 8.39. The van der Waals surface area contributed by atoms with E-state index in [4.69, 9.17) is 4.99 Å². The van der Waals surface area contributed by atoms with Crippen molar-refractivity contribution in [1.82, 2.24) is 20.4 Å². The fraction of sp³-hybridized carbons (Fsp3) is 0.950. The number of nitrogens with zero attached hydrogens (tertiary/aromatic N) is 3. The standard InChI is InChI=1S/C20H41N5.HI/c1-7-21-20(22-11-8-12-24(15(2)3)16(4)5)23-18-13-17(6)25(14-18)19-9-10-19;/h15-19H,7-14H2,1-6H3,(H2,21,22,23);1H. The van der Waals surface area contributed by atoms with Gasteiger partial charge in [-0.05, 0) is 67.2 Å². The minimum atomic E-state index is 0. The molecule has 2 N–H and O–H groups in total. The topological polar surface area (TPSA) is 42.9 Å². The summed E-state index contributed by atoms with van der Waals surface area (Å²) in [6.07, 6.45) is 5.14. The first kappa shape index (κ1) is 24.0. The second kappa shape index (κ2) is 11.7. The van der Waals surface area contributed by atoms with E-state index in [1.54, 1.807) is 0 Å². The van der Waals surface area contributed by atoms with Crippen LogP contribution in [0.2, 0.25) is 0 Å². The van der Waals surface area contributed by atoms with Gasteiger partial charge in [0.2, 0.25) is 0 Å². The molecule has 1 heterocycles. The molecule has 26 heavy (non-hydrogen) atoms. The molecule has 0 aromatic heterocycles. The Hall–Kier alpha value is -0.0800. The lowest BCUT2D eigenvalue weighted by molar-refractivity contribution is 0.174. The summed E-state index contributed by atoms with van der Waals surface area (Å²) < 4.78 is 0. The van der Waals surface area contributed by atoms with E-state index in [1.165, 1.54) is 25.8 Å². The first-order valence-corrected chi connectivity index (χ1v) is 10.5. The molecule has 1 aliphatic carbocycles. The van der Waals surface area contributed by atoms with E-state index in [-0.39, 0.29) is 24.0 Å². The van der Waals surface area contributed by atoms with Crippen molar-refractivity contribution in [1.29, 1.82) is 0 Å². The highest BCUT2D eigenvalue weighted by atomic mass is 127. The van der Waals surface area contributed by atoms with Crippen LogP contribution in [-0.4, -0.2) is 72.1 Å². The van der Waals surface area contributed by atoms with Gasteiger partial charge in [0.1, 0.15) is 0 Å². The van der Waals surface area contributed by atoms with Crippen LogP contribution in [0.25, 0.3) is 0 Å². The second-order valence-electron chi connectivity index (χ2n) is 8.39. The first-order valence-electron chi connectivity index (χ1n) is 10.5. The van der Waals surface area contributed by atoms with Crippen LogP contribution in [0.4, 0.5) is 0 Å². The molecular formula is C20H42IN5. The van der Waals surface area contributed by atoms with Gasteiger partial charge in [0.15, 0.2) is 5.96 Å². The lowest BCUT2D eigenvalue weighted by Gasteiger charge is -2.30. The average Bonchev–Trinajstić information content (AvgIpc) is 3.30. The summed E-state index contributed by atoms with van der Waals surface area (Å²) in [5.41, 5.74) is 0. The highest BCUT2D eigenvalue weighted by molar-refractivity contribution is 14.0. The fourth-order valence-corrected chi connectivity index (χ4v) is 4.15. The molecule has 1 saturated carbocycles. The maximum Gasteiger partial charge on any atom is 0.191 e. The molecule has 2 atom stereocenters. The number of likely N-dealkylation sites (tertiary alicyclic amines) is 1. The molecule has 5 nitrogen and oxygen atoms in total. The SMILES string of the molecule is CCNC(=NCCCN(C(C)C)C(C)C)NC1CC(C)N(C2CC2)C1.I. The number of aliphatic imine (C=N–C) groups is 1. The average molecular weight is 479 g/mol. The van der Waals surface area contributed by atoms with E-state index in [9.17, 15) is 0 Å². The summed E-state index contributed by atoms with van der Waals surface area (Å²) >= 11 is 0. The number of hydrogen-bond donors (Lipinski definition) is 2. The van der Waals surface area contributed by atoms with Crippen LogP contribution in [0, 0.1) is 0 Å². The number of halogens is 1. The Bertz CT molecular complexity index is 414. The molecule has 2 unspecified atom stereocenters. The van der Waals surface area contributed by atoms with Crippen LogP contribution in [0.15, 0.2) is 4.99 Å². The molecule has 1 saturated heterocycles. The summed E-state index contributed by atoms with van der Waals surface area (Å²) in [5.74, 6) is 0.998. The Balaban J connectivity index is 0.00000338. The Morgan fingerprint density at radius 1 is 1.19 bits per heavy atom. The van der Waals surface area contributed by atoms with Crippen molar-refractivity contribution in [2.24, 2.45) is 4.99 Å². The van der Waals surface area contributed by atoms with Crippen LogP contribution in [-0.2, 0) is 0 Å². The normalized spacial score (nSPS) is 24.4. The fourth-order valence-electron chi connectivity index (χ4n) is 4.15. The minimum Gasteiger partial charge on any atom is -0.357 e. The summed E-state index contributed by atoms with van der Waals surface area (Å²) in [7, 11) is 0. The molecule has 0 radical (unpaired) electrons. The van der Waals surface area contributed by atoms with Gasteiger partial charge in [-0.15, -0.1) is 24.0 Å². The molecule has 154 valence electrons. The molecule has 2 rings (SSSR count). The van der Waals surface area contributed by atoms with E-state index in [2.05, 4.69) is 62.0 Å². The van der Waals surface area contributed by atoms with Crippen LogP contribution >= 0.6 is 24.0 Å². The van der Waals surface area contributed by atoms with E-state index in [1.807, 2.05) is 0 Å². The van der Waals surface area contributed by atoms with E-state index in [0.717, 1.165) is 38.1 Å². The molecule has 2 fully saturated rings. The van der Waals surface area contributed by atoms with Gasteiger partial charge < -0.3 is 10.6 Å². The molecule has 2 aliphatic rings. The lowest BCUT2D eigenvalue weighted by Crippen LogP contribution is -2.45. The Labute approximate surface area is 178 Å². The molecule has 0 aromatic rings. The van der Waals surface area contributed by atoms with E-state index < -0.39 is 0 Å². The molecule has 0 aromatic carbocycles.